The highest BCUT2D eigenvalue weighted by Gasteiger charge is 2.65. The smallest absolute Gasteiger partial charge is 0.404 e. The van der Waals surface area contributed by atoms with Gasteiger partial charge in [0, 0.05) is 49.3 Å². The molecule has 0 aromatic carbocycles. The molecule has 1 saturated heterocycles. The van der Waals surface area contributed by atoms with Crippen molar-refractivity contribution in [1.82, 2.24) is 10.2 Å². The highest BCUT2D eigenvalue weighted by Crippen LogP contribution is 2.55. The molecule has 32 heavy (non-hydrogen) atoms. The summed E-state index contributed by atoms with van der Waals surface area (Å²) in [6.45, 7) is 6.09. The maximum absolute atomic E-state index is 13.6. The Morgan fingerprint density at radius 2 is 1.97 bits per heavy atom. The van der Waals surface area contributed by atoms with Crippen LogP contribution in [-0.2, 0) is 27.9 Å². The molecule has 3 N–H and O–H groups in total. The normalized spacial score (nSPS) is 30.0. The van der Waals surface area contributed by atoms with Crippen LogP contribution in [0.5, 0.6) is 0 Å². The molecule has 1 aliphatic carbocycles. The number of nitrogens with two attached hydrogens (primary N) is 1. The minimum Gasteiger partial charge on any atom is -0.449 e. The molecule has 12 heteroatoms. The Labute approximate surface area is 191 Å². The van der Waals surface area contributed by atoms with Gasteiger partial charge in [0.15, 0.2) is 14.6 Å². The standard InChI is InChI=1S/C20H29N3O7S2/c1-10-8-23-16-14(13(9-30-19(21)26)20(23,29-4)12(10)3)18(25)15(11(2)17(16)24)22-6-7-31-32(5,27)28/h10,12-13,22H,6-9H2,1-5H3,(H2,21,26)/t10-,12-,13+,20-/m0/s1. The summed E-state index contributed by atoms with van der Waals surface area (Å²) in [6, 6.07) is 0. The van der Waals surface area contributed by atoms with Crippen LogP contribution in [0.1, 0.15) is 20.8 Å². The molecule has 4 atom stereocenters. The fourth-order valence-corrected chi connectivity index (χ4v) is 6.67. The predicted molar refractivity (Wildman–Crippen MR) is 119 cm³/mol. The van der Waals surface area contributed by atoms with Gasteiger partial charge in [0.05, 0.1) is 17.3 Å². The van der Waals surface area contributed by atoms with Crippen molar-refractivity contribution >= 4 is 37.3 Å². The van der Waals surface area contributed by atoms with E-state index in [9.17, 15) is 22.8 Å². The minimum atomic E-state index is -3.22. The molecular weight excluding hydrogens is 458 g/mol. The molecule has 178 valence electrons. The van der Waals surface area contributed by atoms with E-state index in [-0.39, 0.29) is 64.8 Å². The monoisotopic (exact) mass is 487 g/mol. The molecule has 2 aliphatic heterocycles. The number of fused-ring (bicyclic) bond motifs is 2. The Balaban J connectivity index is 1.98. The van der Waals surface area contributed by atoms with Gasteiger partial charge in [0.2, 0.25) is 11.6 Å². The van der Waals surface area contributed by atoms with Crippen molar-refractivity contribution in [3.8, 4) is 0 Å². The number of hydrogen-bond donors (Lipinski definition) is 2. The fraction of sp³-hybridized carbons (Fsp3) is 0.650. The summed E-state index contributed by atoms with van der Waals surface area (Å²) in [5, 5.41) is 2.94. The lowest BCUT2D eigenvalue weighted by molar-refractivity contribution is -0.153. The van der Waals surface area contributed by atoms with Gasteiger partial charge in [0.25, 0.3) is 0 Å². The van der Waals surface area contributed by atoms with Gasteiger partial charge in [-0.15, -0.1) is 0 Å². The van der Waals surface area contributed by atoms with Gasteiger partial charge in [-0.25, -0.2) is 13.2 Å². The quantitative estimate of drug-likeness (QED) is 0.284. The van der Waals surface area contributed by atoms with E-state index in [0.29, 0.717) is 6.54 Å². The number of amides is 1. The van der Waals surface area contributed by atoms with Crippen LogP contribution in [0.15, 0.2) is 22.5 Å². The summed E-state index contributed by atoms with van der Waals surface area (Å²) < 4.78 is 33.8. The maximum atomic E-state index is 13.6. The van der Waals surface area contributed by atoms with Gasteiger partial charge in [-0.05, 0) is 23.6 Å². The third-order valence-corrected chi connectivity index (χ3v) is 9.18. The predicted octanol–water partition coefficient (Wildman–Crippen LogP) is 0.604. The van der Waals surface area contributed by atoms with Crippen LogP contribution in [0.2, 0.25) is 0 Å². The Bertz CT molecular complexity index is 1020. The number of ether oxygens (including phenoxy) is 2. The van der Waals surface area contributed by atoms with Gasteiger partial charge < -0.3 is 25.4 Å². The maximum Gasteiger partial charge on any atom is 0.404 e. The summed E-state index contributed by atoms with van der Waals surface area (Å²) >= 11 is 0. The first-order valence-electron chi connectivity index (χ1n) is 10.2. The van der Waals surface area contributed by atoms with Crippen molar-refractivity contribution in [2.75, 3.05) is 38.8 Å². The van der Waals surface area contributed by atoms with Crippen LogP contribution in [0.4, 0.5) is 4.79 Å². The molecule has 0 aromatic rings. The van der Waals surface area contributed by atoms with Gasteiger partial charge >= 0.3 is 6.09 Å². The lowest BCUT2D eigenvalue weighted by atomic mass is 9.77. The molecule has 1 amide bonds. The second kappa shape index (κ2) is 8.71. The summed E-state index contributed by atoms with van der Waals surface area (Å²) in [5.74, 6) is -1.09. The Kier molecular flexibility index (Phi) is 6.69. The van der Waals surface area contributed by atoms with Crippen molar-refractivity contribution in [2.45, 2.75) is 26.5 Å². The number of nitrogens with zero attached hydrogens (tertiary/aromatic N) is 1. The molecule has 0 spiro atoms. The van der Waals surface area contributed by atoms with Gasteiger partial charge in [-0.2, -0.15) is 0 Å². The van der Waals surface area contributed by atoms with E-state index < -0.39 is 26.6 Å². The van der Waals surface area contributed by atoms with Crippen LogP contribution in [0, 0.1) is 17.8 Å². The summed E-state index contributed by atoms with van der Waals surface area (Å²) in [7, 11) is -0.946. The first-order chi connectivity index (χ1) is 14.9. The molecule has 3 rings (SSSR count). The highest BCUT2D eigenvalue weighted by molar-refractivity contribution is 8.71. The van der Waals surface area contributed by atoms with Crippen LogP contribution in [-0.4, -0.2) is 75.5 Å². The number of rotatable bonds is 8. The van der Waals surface area contributed by atoms with Crippen molar-refractivity contribution in [1.29, 1.82) is 0 Å². The minimum absolute atomic E-state index is 0.0666. The van der Waals surface area contributed by atoms with Crippen LogP contribution in [0.3, 0.4) is 0 Å². The summed E-state index contributed by atoms with van der Waals surface area (Å²) in [6.07, 6.45) is 0.128. The molecular formula is C20H29N3O7S2. The third kappa shape index (κ3) is 3.92. The van der Waals surface area contributed by atoms with E-state index >= 15 is 0 Å². The first kappa shape index (κ1) is 24.6. The lowest BCUT2D eigenvalue weighted by Gasteiger charge is -2.41. The topological polar surface area (TPSA) is 145 Å². The molecule has 10 nitrogen and oxygen atoms in total. The highest BCUT2D eigenvalue weighted by atomic mass is 33.1. The number of nitrogens with one attached hydrogen (secondary N) is 1. The average Bonchev–Trinajstić information content (AvgIpc) is 3.12. The van der Waals surface area contributed by atoms with E-state index in [1.807, 2.05) is 18.7 Å². The molecule has 0 unspecified atom stereocenters. The zero-order valence-corrected chi connectivity index (χ0v) is 20.4. The van der Waals surface area contributed by atoms with E-state index in [1.165, 1.54) is 7.11 Å². The van der Waals surface area contributed by atoms with Crippen molar-refractivity contribution in [3.63, 3.8) is 0 Å². The van der Waals surface area contributed by atoms with Crippen LogP contribution in [0.25, 0.3) is 0 Å². The Morgan fingerprint density at radius 3 is 2.53 bits per heavy atom. The largest absolute Gasteiger partial charge is 0.449 e. The zero-order chi connectivity index (χ0) is 24.0. The number of carbonyl (C=O) groups excluding carboxylic acids is 3. The molecule has 0 aromatic heterocycles. The number of methoxy groups -OCH3 is 1. The van der Waals surface area contributed by atoms with Gasteiger partial charge in [-0.1, -0.05) is 13.8 Å². The van der Waals surface area contributed by atoms with E-state index in [2.05, 4.69) is 5.32 Å². The SMILES string of the molecule is CO[C@@]12[C@H](COC(N)=O)C3=C(C(=O)C(C)=C(NCCSS(C)(=O)=O)C3=O)N1C[C@H](C)[C@@H]2C. The van der Waals surface area contributed by atoms with E-state index in [0.717, 1.165) is 17.0 Å². The number of ketones is 2. The van der Waals surface area contributed by atoms with Crippen molar-refractivity contribution in [3.05, 3.63) is 22.5 Å². The Hall–Kier alpha value is -2.05. The third-order valence-electron chi connectivity index (χ3n) is 6.59. The van der Waals surface area contributed by atoms with Crippen molar-refractivity contribution < 1.29 is 32.3 Å². The molecule has 3 aliphatic rings. The zero-order valence-electron chi connectivity index (χ0n) is 18.8. The van der Waals surface area contributed by atoms with E-state index in [4.69, 9.17) is 15.2 Å². The summed E-state index contributed by atoms with van der Waals surface area (Å²) in [4.78, 5) is 40.2. The van der Waals surface area contributed by atoms with Crippen molar-refractivity contribution in [2.24, 2.45) is 23.5 Å². The number of hydrogen-bond acceptors (Lipinski definition) is 10. The lowest BCUT2D eigenvalue weighted by Crippen LogP contribution is -2.52. The molecule has 0 bridgehead atoms. The molecule has 0 radical (unpaired) electrons. The Morgan fingerprint density at radius 1 is 1.31 bits per heavy atom. The fourth-order valence-electron chi connectivity index (χ4n) is 5.03. The second-order valence-corrected chi connectivity index (χ2v) is 13.0. The number of allylic oxidation sites excluding steroid dienone is 2. The molecule has 2 heterocycles. The number of carbonyl (C=O) groups is 3. The molecule has 1 fully saturated rings. The number of Topliss-reactive ketones (excluding diaryl/α,β-unsaturated/α-hetero) is 2. The van der Waals surface area contributed by atoms with Crippen LogP contribution >= 0.6 is 10.8 Å². The number of primary amides is 1. The van der Waals surface area contributed by atoms with E-state index in [1.54, 1.807) is 6.92 Å². The van der Waals surface area contributed by atoms with Gasteiger partial charge in [-0.3, -0.25) is 9.59 Å². The average molecular weight is 488 g/mol. The summed E-state index contributed by atoms with van der Waals surface area (Å²) in [5.41, 5.74) is 5.07. The van der Waals surface area contributed by atoms with Gasteiger partial charge in [0.1, 0.15) is 6.61 Å². The van der Waals surface area contributed by atoms with Crippen LogP contribution < -0.4 is 11.1 Å². The second-order valence-electron chi connectivity index (χ2n) is 8.39. The molecule has 0 saturated carbocycles. The first-order valence-corrected chi connectivity index (χ1v) is 13.6.